The summed E-state index contributed by atoms with van der Waals surface area (Å²) in [6, 6.07) is 16.4. The Kier molecular flexibility index (Phi) is 5.36. The second-order valence-corrected chi connectivity index (χ2v) is 6.24. The molecule has 2 aromatic carbocycles. The van der Waals surface area contributed by atoms with E-state index in [1.165, 1.54) is 23.5 Å². The molecule has 3 aromatic rings. The summed E-state index contributed by atoms with van der Waals surface area (Å²) in [5.41, 5.74) is 3.69. The van der Waals surface area contributed by atoms with Crippen molar-refractivity contribution in [2.45, 2.75) is 6.92 Å². The standard InChI is InChI=1S/C20H18FN3S/c1-3-13-22-20-24(23-15(2)16-7-5-4-6-8-16)19(14-25-20)17-9-11-18(21)12-10-17/h3-12,14H,1,13H2,2H3. The van der Waals surface area contributed by atoms with E-state index < -0.39 is 0 Å². The van der Waals surface area contributed by atoms with Crippen molar-refractivity contribution >= 4 is 17.0 Å². The molecule has 1 aromatic heterocycles. The maximum Gasteiger partial charge on any atom is 0.206 e. The van der Waals surface area contributed by atoms with E-state index in [2.05, 4.69) is 11.6 Å². The maximum absolute atomic E-state index is 13.2. The molecule has 0 aliphatic rings. The molecule has 0 radical (unpaired) electrons. The lowest BCUT2D eigenvalue weighted by Gasteiger charge is -2.06. The molecule has 0 unspecified atom stereocenters. The maximum atomic E-state index is 13.2. The fourth-order valence-corrected chi connectivity index (χ4v) is 3.19. The van der Waals surface area contributed by atoms with Crippen molar-refractivity contribution < 1.29 is 4.39 Å². The Morgan fingerprint density at radius 3 is 2.56 bits per heavy atom. The van der Waals surface area contributed by atoms with Gasteiger partial charge in [-0.05, 0) is 36.8 Å². The number of aromatic nitrogens is 1. The fourth-order valence-electron chi connectivity index (χ4n) is 2.35. The smallest absolute Gasteiger partial charge is 0.206 e. The Hall–Kier alpha value is -2.79. The van der Waals surface area contributed by atoms with Gasteiger partial charge in [0.2, 0.25) is 4.80 Å². The van der Waals surface area contributed by atoms with Crippen LogP contribution in [-0.4, -0.2) is 16.9 Å². The third kappa shape index (κ3) is 4.00. The second kappa shape index (κ2) is 7.85. The summed E-state index contributed by atoms with van der Waals surface area (Å²) in [7, 11) is 0. The number of benzene rings is 2. The van der Waals surface area contributed by atoms with Gasteiger partial charge in [0.1, 0.15) is 5.82 Å². The molecule has 0 saturated heterocycles. The molecule has 0 saturated carbocycles. The highest BCUT2D eigenvalue weighted by molar-refractivity contribution is 7.07. The van der Waals surface area contributed by atoms with Gasteiger partial charge in [0.05, 0.1) is 18.0 Å². The average Bonchev–Trinajstić information content (AvgIpc) is 3.04. The van der Waals surface area contributed by atoms with E-state index in [-0.39, 0.29) is 5.82 Å². The molecule has 1 heterocycles. The summed E-state index contributed by atoms with van der Waals surface area (Å²) in [4.78, 5) is 5.29. The van der Waals surface area contributed by atoms with Crippen molar-refractivity contribution in [3.63, 3.8) is 0 Å². The highest BCUT2D eigenvalue weighted by atomic mass is 32.1. The summed E-state index contributed by atoms with van der Waals surface area (Å²) < 4.78 is 15.1. The zero-order valence-corrected chi connectivity index (χ0v) is 14.7. The lowest BCUT2D eigenvalue weighted by molar-refractivity contribution is 0.628. The molecule has 5 heteroatoms. The minimum Gasteiger partial charge on any atom is -0.253 e. The summed E-state index contributed by atoms with van der Waals surface area (Å²) >= 11 is 1.50. The normalized spacial score (nSPS) is 12.4. The van der Waals surface area contributed by atoms with Gasteiger partial charge < -0.3 is 0 Å². The monoisotopic (exact) mass is 351 g/mol. The summed E-state index contributed by atoms with van der Waals surface area (Å²) in [6.07, 6.45) is 1.75. The number of halogens is 1. The van der Waals surface area contributed by atoms with Gasteiger partial charge in [-0.1, -0.05) is 36.4 Å². The molecule has 0 amide bonds. The van der Waals surface area contributed by atoms with Gasteiger partial charge in [-0.3, -0.25) is 4.99 Å². The van der Waals surface area contributed by atoms with Gasteiger partial charge in [0.15, 0.2) is 0 Å². The zero-order chi connectivity index (χ0) is 17.6. The number of hydrogen-bond donors (Lipinski definition) is 0. The molecule has 0 N–H and O–H groups in total. The first-order valence-electron chi connectivity index (χ1n) is 7.88. The number of hydrogen-bond acceptors (Lipinski definition) is 3. The van der Waals surface area contributed by atoms with Crippen LogP contribution < -0.4 is 4.80 Å². The average molecular weight is 351 g/mol. The quantitative estimate of drug-likeness (QED) is 0.470. The lowest BCUT2D eigenvalue weighted by atomic mass is 10.1. The summed E-state index contributed by atoms with van der Waals surface area (Å²) in [5, 5.41) is 6.75. The van der Waals surface area contributed by atoms with E-state index >= 15 is 0 Å². The molecule has 0 aliphatic carbocycles. The first kappa shape index (κ1) is 17.0. The molecule has 0 atom stereocenters. The highest BCUT2D eigenvalue weighted by Gasteiger charge is 2.09. The summed E-state index contributed by atoms with van der Waals surface area (Å²) in [5.74, 6) is -0.258. The van der Waals surface area contributed by atoms with Gasteiger partial charge in [-0.2, -0.15) is 5.10 Å². The van der Waals surface area contributed by atoms with Crippen LogP contribution >= 0.6 is 11.3 Å². The Morgan fingerprint density at radius 2 is 1.88 bits per heavy atom. The first-order valence-corrected chi connectivity index (χ1v) is 8.76. The van der Waals surface area contributed by atoms with Crippen molar-refractivity contribution in [2.75, 3.05) is 6.54 Å². The van der Waals surface area contributed by atoms with E-state index in [1.807, 2.05) is 47.3 Å². The zero-order valence-electron chi connectivity index (χ0n) is 13.9. The molecule has 126 valence electrons. The van der Waals surface area contributed by atoms with Crippen LogP contribution in [0.15, 0.2) is 82.7 Å². The van der Waals surface area contributed by atoms with Gasteiger partial charge >= 0.3 is 0 Å². The Labute approximate surface area is 150 Å². The topological polar surface area (TPSA) is 29.6 Å². The van der Waals surface area contributed by atoms with Crippen molar-refractivity contribution in [3.8, 4) is 11.3 Å². The fraction of sp³-hybridized carbons (Fsp3) is 0.100. The van der Waals surface area contributed by atoms with Crippen LogP contribution in [0.1, 0.15) is 12.5 Å². The van der Waals surface area contributed by atoms with E-state index in [1.54, 1.807) is 18.2 Å². The number of rotatable bonds is 5. The van der Waals surface area contributed by atoms with Crippen LogP contribution in [0.5, 0.6) is 0 Å². The summed E-state index contributed by atoms with van der Waals surface area (Å²) in [6.45, 7) is 6.19. The van der Waals surface area contributed by atoms with E-state index in [0.29, 0.717) is 6.54 Å². The third-order valence-electron chi connectivity index (χ3n) is 3.62. The van der Waals surface area contributed by atoms with E-state index in [9.17, 15) is 4.39 Å². The molecule has 0 spiro atoms. The van der Waals surface area contributed by atoms with Crippen molar-refractivity contribution in [1.82, 2.24) is 4.68 Å². The molecule has 0 aliphatic heterocycles. The molecular weight excluding hydrogens is 333 g/mol. The van der Waals surface area contributed by atoms with Crippen LogP contribution in [0, 0.1) is 5.82 Å². The van der Waals surface area contributed by atoms with Crippen molar-refractivity contribution in [1.29, 1.82) is 0 Å². The van der Waals surface area contributed by atoms with Gasteiger partial charge in [-0.25, -0.2) is 9.07 Å². The Morgan fingerprint density at radius 1 is 1.16 bits per heavy atom. The van der Waals surface area contributed by atoms with Crippen LogP contribution in [-0.2, 0) is 0 Å². The molecule has 25 heavy (non-hydrogen) atoms. The third-order valence-corrected chi connectivity index (χ3v) is 4.48. The second-order valence-electron chi connectivity index (χ2n) is 5.40. The Balaban J connectivity index is 2.13. The van der Waals surface area contributed by atoms with Crippen molar-refractivity contribution in [2.24, 2.45) is 10.1 Å². The largest absolute Gasteiger partial charge is 0.253 e. The number of nitrogens with zero attached hydrogens (tertiary/aromatic N) is 3. The van der Waals surface area contributed by atoms with Crippen molar-refractivity contribution in [3.05, 3.63) is 88.8 Å². The predicted molar refractivity (Wildman–Crippen MR) is 102 cm³/mol. The number of thiazole rings is 1. The van der Waals surface area contributed by atoms with Gasteiger partial charge in [0.25, 0.3) is 0 Å². The van der Waals surface area contributed by atoms with Crippen LogP contribution in [0.25, 0.3) is 11.3 Å². The Bertz CT molecular complexity index is 951. The molecule has 0 fully saturated rings. The molecule has 0 bridgehead atoms. The lowest BCUT2D eigenvalue weighted by Crippen LogP contribution is -2.14. The molecule has 3 rings (SSSR count). The first-order chi connectivity index (χ1) is 12.2. The predicted octanol–water partition coefficient (Wildman–Crippen LogP) is 4.71. The van der Waals surface area contributed by atoms with Crippen LogP contribution in [0.3, 0.4) is 0 Å². The van der Waals surface area contributed by atoms with Gasteiger partial charge in [0, 0.05) is 10.9 Å². The van der Waals surface area contributed by atoms with E-state index in [4.69, 9.17) is 5.10 Å². The molecule has 3 nitrogen and oxygen atoms in total. The minimum atomic E-state index is -0.258. The van der Waals surface area contributed by atoms with Crippen LogP contribution in [0.4, 0.5) is 4.39 Å². The molecular formula is C20H18FN3S. The SMILES string of the molecule is C=CCN=c1scc(-c2ccc(F)cc2)n1N=C(C)c1ccccc1. The van der Waals surface area contributed by atoms with E-state index in [0.717, 1.165) is 27.3 Å². The van der Waals surface area contributed by atoms with Crippen LogP contribution in [0.2, 0.25) is 0 Å². The minimum absolute atomic E-state index is 0.258. The van der Waals surface area contributed by atoms with Gasteiger partial charge in [-0.15, -0.1) is 17.9 Å². The highest BCUT2D eigenvalue weighted by Crippen LogP contribution is 2.21.